The van der Waals surface area contributed by atoms with E-state index in [1.165, 1.54) is 0 Å². The van der Waals surface area contributed by atoms with Crippen LogP contribution in [-0.4, -0.2) is 34.1 Å². The quantitative estimate of drug-likeness (QED) is 0.756. The highest BCUT2D eigenvalue weighted by atomic mass is 29.6. The molecule has 0 radical (unpaired) electrons. The highest BCUT2D eigenvalue weighted by Crippen LogP contribution is 2.39. The van der Waals surface area contributed by atoms with Crippen molar-refractivity contribution in [2.45, 2.75) is 65.7 Å². The second kappa shape index (κ2) is 4.21. The maximum atomic E-state index is 12.1. The van der Waals surface area contributed by atoms with Gasteiger partial charge in [-0.1, -0.05) is 60.1 Å². The van der Waals surface area contributed by atoms with Gasteiger partial charge in [-0.3, -0.25) is 0 Å². The van der Waals surface area contributed by atoms with Gasteiger partial charge in [-0.05, 0) is 5.41 Å². The number of amides is 2. The smallest absolute Gasteiger partial charge is 0.306 e. The lowest BCUT2D eigenvalue weighted by Gasteiger charge is -2.52. The fourth-order valence-corrected chi connectivity index (χ4v) is 48.9. The van der Waals surface area contributed by atoms with Crippen molar-refractivity contribution in [1.29, 1.82) is 0 Å². The molecule has 0 saturated carbocycles. The van der Waals surface area contributed by atoms with Crippen LogP contribution >= 0.6 is 0 Å². The van der Waals surface area contributed by atoms with Gasteiger partial charge in [-0.25, -0.2) is 4.79 Å². The SMILES string of the molecule is CC(C)(C)C1NC(=O)N[Si]1([Si](C)(C)C)[Si](C)(C)C. The molecule has 0 aliphatic carbocycles. The van der Waals surface area contributed by atoms with Crippen LogP contribution in [0.15, 0.2) is 0 Å². The Bertz CT molecular complexity index is 336. The number of hydrogen-bond donors (Lipinski definition) is 2. The summed E-state index contributed by atoms with van der Waals surface area (Å²) in [6.45, 7) is 21.5. The molecule has 18 heavy (non-hydrogen) atoms. The maximum Gasteiger partial charge on any atom is 0.306 e. The largest absolute Gasteiger partial charge is 0.367 e. The molecule has 1 atom stereocenters. The fourth-order valence-electron chi connectivity index (χ4n) is 3.76. The van der Waals surface area contributed by atoms with Crippen molar-refractivity contribution in [3.05, 3.63) is 0 Å². The molecule has 1 rings (SSSR count). The summed E-state index contributed by atoms with van der Waals surface area (Å²) in [5.74, 6) is 0. The van der Waals surface area contributed by atoms with Gasteiger partial charge >= 0.3 is 6.03 Å². The minimum atomic E-state index is -1.80. The van der Waals surface area contributed by atoms with Gasteiger partial charge in [0.1, 0.15) is 0 Å². The van der Waals surface area contributed by atoms with Crippen LogP contribution in [0.25, 0.3) is 0 Å². The van der Waals surface area contributed by atoms with Crippen LogP contribution in [0.4, 0.5) is 4.79 Å². The minimum absolute atomic E-state index is 0.0893. The Morgan fingerprint density at radius 2 is 1.39 bits per heavy atom. The first-order chi connectivity index (χ1) is 7.73. The van der Waals surface area contributed by atoms with Crippen LogP contribution in [0, 0.1) is 5.41 Å². The zero-order chi connectivity index (χ0) is 14.6. The molecule has 0 aromatic rings. The third kappa shape index (κ3) is 2.34. The zero-order valence-corrected chi connectivity index (χ0v) is 16.5. The maximum absolute atomic E-state index is 12.1. The van der Waals surface area contributed by atoms with Crippen molar-refractivity contribution in [3.8, 4) is 0 Å². The van der Waals surface area contributed by atoms with Gasteiger partial charge in [-0.2, -0.15) is 0 Å². The van der Waals surface area contributed by atoms with E-state index in [1.807, 2.05) is 0 Å². The van der Waals surface area contributed by atoms with Crippen molar-refractivity contribution in [1.82, 2.24) is 10.3 Å². The predicted molar refractivity (Wildman–Crippen MR) is 87.4 cm³/mol. The number of carbonyl (C=O) groups is 1. The predicted octanol–water partition coefficient (Wildman–Crippen LogP) is 3.03. The molecule has 0 aromatic carbocycles. The molecule has 0 spiro atoms. The zero-order valence-electron chi connectivity index (χ0n) is 13.5. The van der Waals surface area contributed by atoms with Crippen LogP contribution in [0.2, 0.25) is 39.3 Å². The van der Waals surface area contributed by atoms with E-state index in [1.54, 1.807) is 0 Å². The summed E-state index contributed by atoms with van der Waals surface area (Å²) < 4.78 is 0. The summed E-state index contributed by atoms with van der Waals surface area (Å²) in [6.07, 6.45) is 0. The second-order valence-corrected chi connectivity index (χ2v) is 35.4. The standard InChI is InChI=1S/C12H30N2OSi3/c1-12(2,3)10-13-11(15)14-18(10,16(4,5)6)17(7,8)9/h10H,1-9H3,(H2,13,14,15). The lowest BCUT2D eigenvalue weighted by atomic mass is 9.96. The summed E-state index contributed by atoms with van der Waals surface area (Å²) in [5, 5.41) is 3.28. The summed E-state index contributed by atoms with van der Waals surface area (Å²) >= 11 is 0. The molecule has 1 aliphatic heterocycles. The van der Waals surface area contributed by atoms with Gasteiger partial charge in [0.25, 0.3) is 0 Å². The Hall–Kier alpha value is -0.0794. The molecule has 6 heteroatoms. The first-order valence-corrected chi connectivity index (χ1v) is 17.9. The van der Waals surface area contributed by atoms with Gasteiger partial charge in [0.2, 0.25) is 0 Å². The lowest BCUT2D eigenvalue weighted by Crippen LogP contribution is -2.84. The van der Waals surface area contributed by atoms with Gasteiger partial charge in [0.15, 0.2) is 7.27 Å². The summed E-state index contributed by atoms with van der Waals surface area (Å²) in [6, 6.07) is 0.0893. The highest BCUT2D eigenvalue weighted by molar-refractivity contribution is 7.69. The van der Waals surface area contributed by atoms with Gasteiger partial charge in [0, 0.05) is 5.67 Å². The number of urea groups is 1. The van der Waals surface area contributed by atoms with E-state index >= 15 is 0 Å². The van der Waals surface area contributed by atoms with E-state index in [4.69, 9.17) is 0 Å². The Labute approximate surface area is 115 Å². The monoisotopic (exact) mass is 302 g/mol. The van der Waals surface area contributed by atoms with Gasteiger partial charge in [0.05, 0.1) is 15.2 Å². The molecule has 1 heterocycles. The molecule has 1 aliphatic rings. The van der Waals surface area contributed by atoms with Crippen LogP contribution < -0.4 is 10.3 Å². The third-order valence-corrected chi connectivity index (χ3v) is 41.7. The van der Waals surface area contributed by atoms with Crippen molar-refractivity contribution >= 4 is 28.5 Å². The Morgan fingerprint density at radius 3 is 1.61 bits per heavy atom. The first kappa shape index (κ1) is 16.0. The second-order valence-electron chi connectivity index (χ2n) is 8.71. The minimum Gasteiger partial charge on any atom is -0.367 e. The van der Waals surface area contributed by atoms with Crippen LogP contribution in [0.5, 0.6) is 0 Å². The van der Waals surface area contributed by atoms with Crippen LogP contribution in [-0.2, 0) is 0 Å². The van der Waals surface area contributed by atoms with Crippen molar-refractivity contribution in [2.75, 3.05) is 0 Å². The van der Waals surface area contributed by atoms with Gasteiger partial charge in [-0.15, -0.1) is 0 Å². The molecule has 106 valence electrons. The summed E-state index contributed by atoms with van der Waals surface area (Å²) in [4.78, 5) is 15.6. The van der Waals surface area contributed by atoms with E-state index in [0.717, 1.165) is 0 Å². The molecular weight excluding hydrogens is 272 g/mol. The van der Waals surface area contributed by atoms with Crippen molar-refractivity contribution < 1.29 is 4.79 Å². The number of hydrogen-bond acceptors (Lipinski definition) is 1. The van der Waals surface area contributed by atoms with Crippen LogP contribution in [0.1, 0.15) is 20.8 Å². The number of rotatable bonds is 2. The normalized spacial score (nSPS) is 24.7. The third-order valence-electron chi connectivity index (χ3n) is 4.25. The average Bonchev–Trinajstić information content (AvgIpc) is 2.40. The molecule has 2 N–H and O–H groups in total. The topological polar surface area (TPSA) is 41.1 Å². The van der Waals surface area contributed by atoms with E-state index in [9.17, 15) is 4.79 Å². The number of carbonyl (C=O) groups excluding carboxylic acids is 1. The van der Waals surface area contributed by atoms with Gasteiger partial charge < -0.3 is 10.3 Å². The first-order valence-electron chi connectivity index (χ1n) is 6.82. The molecule has 1 unspecified atom stereocenters. The van der Waals surface area contributed by atoms with E-state index < -0.39 is 22.5 Å². The molecule has 2 amide bonds. The van der Waals surface area contributed by atoms with E-state index in [-0.39, 0.29) is 11.4 Å². The lowest BCUT2D eigenvalue weighted by molar-refractivity contribution is 0.242. The fraction of sp³-hybridized carbons (Fsp3) is 0.917. The molecular formula is C12H30N2OSi3. The van der Waals surface area contributed by atoms with E-state index in [2.05, 4.69) is 70.4 Å². The number of nitrogens with one attached hydrogen (secondary N) is 2. The van der Waals surface area contributed by atoms with E-state index in [0.29, 0.717) is 5.67 Å². The molecule has 1 saturated heterocycles. The Kier molecular flexibility index (Phi) is 3.74. The Balaban J connectivity index is 3.47. The van der Waals surface area contributed by atoms with Crippen molar-refractivity contribution in [2.24, 2.45) is 5.41 Å². The Morgan fingerprint density at radius 1 is 1.00 bits per heavy atom. The average molecular weight is 303 g/mol. The summed E-state index contributed by atoms with van der Waals surface area (Å²) in [7, 11) is -4.63. The summed E-state index contributed by atoms with van der Waals surface area (Å²) in [5.41, 5.74) is 0.516. The molecule has 0 bridgehead atoms. The van der Waals surface area contributed by atoms with Crippen molar-refractivity contribution in [3.63, 3.8) is 0 Å². The van der Waals surface area contributed by atoms with Crippen LogP contribution in [0.3, 0.4) is 0 Å². The molecule has 3 nitrogen and oxygen atoms in total. The molecule has 1 fully saturated rings. The highest BCUT2D eigenvalue weighted by Gasteiger charge is 2.66. The molecule has 0 aromatic heterocycles.